The minimum Gasteiger partial charge on any atom is -0.481 e. The van der Waals surface area contributed by atoms with Crippen LogP contribution in [0.5, 0.6) is 0 Å². The van der Waals surface area contributed by atoms with Crippen LogP contribution in [0.15, 0.2) is 11.4 Å². The number of carboxylic acids is 1. The van der Waals surface area contributed by atoms with Crippen molar-refractivity contribution in [2.24, 2.45) is 0 Å². The molecule has 19 heavy (non-hydrogen) atoms. The van der Waals surface area contributed by atoms with Crippen LogP contribution in [0.4, 0.5) is 0 Å². The molecule has 0 aliphatic carbocycles. The minimum atomic E-state index is -3.63. The largest absolute Gasteiger partial charge is 0.481 e. The Kier molecular flexibility index (Phi) is 5.92. The molecule has 0 unspecified atom stereocenters. The van der Waals surface area contributed by atoms with Gasteiger partial charge in [0.15, 0.2) is 0 Å². The fraction of sp³-hybridized carbons (Fsp3) is 0.545. The van der Waals surface area contributed by atoms with Crippen LogP contribution >= 0.6 is 11.3 Å². The summed E-state index contributed by atoms with van der Waals surface area (Å²) in [5, 5.41) is 10.5. The van der Waals surface area contributed by atoms with Crippen LogP contribution in [0.1, 0.15) is 23.8 Å². The molecule has 0 saturated carbocycles. The molecule has 0 radical (unpaired) electrons. The lowest BCUT2D eigenvalue weighted by Crippen LogP contribution is -2.38. The van der Waals surface area contributed by atoms with E-state index in [-0.39, 0.29) is 19.5 Å². The summed E-state index contributed by atoms with van der Waals surface area (Å²) in [4.78, 5) is 11.4. The van der Waals surface area contributed by atoms with Crippen LogP contribution in [0.3, 0.4) is 0 Å². The van der Waals surface area contributed by atoms with Crippen molar-refractivity contribution in [2.75, 3.05) is 13.6 Å². The maximum atomic E-state index is 11.9. The molecular weight excluding hydrogens is 288 g/mol. The van der Waals surface area contributed by atoms with Gasteiger partial charge in [0.2, 0.25) is 0 Å². The molecule has 0 aliphatic heterocycles. The quantitative estimate of drug-likeness (QED) is 0.751. The number of thiophene rings is 1. The van der Waals surface area contributed by atoms with E-state index in [1.807, 2.05) is 18.4 Å². The summed E-state index contributed by atoms with van der Waals surface area (Å²) in [6.07, 6.45) is 0.645. The molecule has 0 bridgehead atoms. The zero-order chi connectivity index (χ0) is 14.5. The number of carbonyl (C=O) groups is 1. The van der Waals surface area contributed by atoms with Gasteiger partial charge < -0.3 is 5.11 Å². The molecule has 0 aliphatic rings. The number of nitrogens with zero attached hydrogens (tertiary/aromatic N) is 1. The Balaban J connectivity index is 2.57. The standard InChI is InChI=1S/C11H18N2O4S2/c1-3-9-5-7-18-10(9)8-12-19(16,17)13(2)6-4-11(14)15/h5,7,12H,3-4,6,8H2,1-2H3,(H,14,15). The van der Waals surface area contributed by atoms with Gasteiger partial charge in [-0.3, -0.25) is 4.79 Å². The molecule has 0 aromatic carbocycles. The second-order valence-corrected chi connectivity index (χ2v) is 6.88. The molecular formula is C11H18N2O4S2. The van der Waals surface area contributed by atoms with Crippen molar-refractivity contribution in [2.45, 2.75) is 26.3 Å². The highest BCUT2D eigenvalue weighted by Gasteiger charge is 2.18. The predicted octanol–water partition coefficient (Wildman–Crippen LogP) is 1.05. The van der Waals surface area contributed by atoms with Crippen LogP contribution in [0.2, 0.25) is 0 Å². The highest BCUT2D eigenvalue weighted by molar-refractivity contribution is 7.87. The lowest BCUT2D eigenvalue weighted by molar-refractivity contribution is -0.137. The van der Waals surface area contributed by atoms with E-state index in [9.17, 15) is 13.2 Å². The van der Waals surface area contributed by atoms with Gasteiger partial charge >= 0.3 is 5.97 Å². The number of hydrogen-bond acceptors (Lipinski definition) is 4. The summed E-state index contributed by atoms with van der Waals surface area (Å²) in [7, 11) is -2.27. The number of aryl methyl sites for hydroxylation is 1. The van der Waals surface area contributed by atoms with Crippen molar-refractivity contribution in [1.82, 2.24) is 9.03 Å². The van der Waals surface area contributed by atoms with E-state index in [1.165, 1.54) is 18.4 Å². The zero-order valence-electron chi connectivity index (χ0n) is 10.9. The first kappa shape index (κ1) is 16.1. The fourth-order valence-corrected chi connectivity index (χ4v) is 3.36. The maximum absolute atomic E-state index is 11.9. The van der Waals surface area contributed by atoms with Gasteiger partial charge in [-0.2, -0.15) is 17.4 Å². The van der Waals surface area contributed by atoms with Gasteiger partial charge in [-0.25, -0.2) is 0 Å². The molecule has 0 spiro atoms. The molecule has 0 saturated heterocycles. The molecule has 6 nitrogen and oxygen atoms in total. The van der Waals surface area contributed by atoms with E-state index >= 15 is 0 Å². The Hall–Kier alpha value is -0.960. The Morgan fingerprint density at radius 3 is 2.79 bits per heavy atom. The lowest BCUT2D eigenvalue weighted by Gasteiger charge is -2.16. The average molecular weight is 306 g/mol. The van der Waals surface area contributed by atoms with E-state index in [0.29, 0.717) is 0 Å². The van der Waals surface area contributed by atoms with Crippen molar-refractivity contribution < 1.29 is 18.3 Å². The molecule has 1 aromatic heterocycles. The molecule has 1 rings (SSSR count). The summed E-state index contributed by atoms with van der Waals surface area (Å²) < 4.78 is 27.2. The van der Waals surface area contributed by atoms with Crippen molar-refractivity contribution in [3.05, 3.63) is 21.9 Å². The number of hydrogen-bond donors (Lipinski definition) is 2. The van der Waals surface area contributed by atoms with E-state index < -0.39 is 16.2 Å². The van der Waals surface area contributed by atoms with E-state index in [2.05, 4.69) is 4.72 Å². The molecule has 8 heteroatoms. The van der Waals surface area contributed by atoms with Crippen LogP contribution < -0.4 is 4.72 Å². The van der Waals surface area contributed by atoms with Crippen LogP contribution in [-0.4, -0.2) is 37.4 Å². The summed E-state index contributed by atoms with van der Waals surface area (Å²) in [5.41, 5.74) is 1.13. The van der Waals surface area contributed by atoms with Gasteiger partial charge in [0.1, 0.15) is 0 Å². The molecule has 0 atom stereocenters. The van der Waals surface area contributed by atoms with Gasteiger partial charge in [0.05, 0.1) is 6.42 Å². The van der Waals surface area contributed by atoms with Gasteiger partial charge in [0.25, 0.3) is 10.2 Å². The maximum Gasteiger partial charge on any atom is 0.304 e. The van der Waals surface area contributed by atoms with Gasteiger partial charge in [-0.15, -0.1) is 11.3 Å². The van der Waals surface area contributed by atoms with E-state index in [1.54, 1.807) is 0 Å². The third kappa shape index (κ3) is 4.90. The second-order valence-electron chi connectivity index (χ2n) is 4.01. The SMILES string of the molecule is CCc1ccsc1CNS(=O)(=O)N(C)CCC(=O)O. The van der Waals surface area contributed by atoms with Crippen molar-refractivity contribution in [3.8, 4) is 0 Å². The molecule has 1 heterocycles. The first-order chi connectivity index (χ1) is 8.86. The second kappa shape index (κ2) is 6.99. The van der Waals surface area contributed by atoms with Crippen LogP contribution in [0, 0.1) is 0 Å². The monoisotopic (exact) mass is 306 g/mol. The third-order valence-electron chi connectivity index (χ3n) is 2.68. The third-order valence-corrected chi connectivity index (χ3v) is 5.16. The highest BCUT2D eigenvalue weighted by Crippen LogP contribution is 2.17. The van der Waals surface area contributed by atoms with Gasteiger partial charge in [-0.05, 0) is 23.4 Å². The summed E-state index contributed by atoms with van der Waals surface area (Å²) in [6.45, 7) is 2.20. The fourth-order valence-electron chi connectivity index (χ4n) is 1.48. The minimum absolute atomic E-state index is 0.0459. The molecule has 0 fully saturated rings. The topological polar surface area (TPSA) is 86.7 Å². The summed E-state index contributed by atoms with van der Waals surface area (Å²) in [6, 6.07) is 1.97. The smallest absolute Gasteiger partial charge is 0.304 e. The van der Waals surface area contributed by atoms with E-state index in [4.69, 9.17) is 5.11 Å². The molecule has 2 N–H and O–H groups in total. The summed E-state index contributed by atoms with van der Waals surface area (Å²) in [5.74, 6) is -1.02. The van der Waals surface area contributed by atoms with Crippen molar-refractivity contribution in [1.29, 1.82) is 0 Å². The molecule has 1 aromatic rings. The number of nitrogens with one attached hydrogen (secondary N) is 1. The van der Waals surface area contributed by atoms with Gasteiger partial charge in [0, 0.05) is 25.0 Å². The number of carboxylic acid groups (broad SMARTS) is 1. The average Bonchev–Trinajstić information content (AvgIpc) is 2.80. The molecule has 108 valence electrons. The van der Waals surface area contributed by atoms with Gasteiger partial charge in [-0.1, -0.05) is 6.92 Å². The highest BCUT2D eigenvalue weighted by atomic mass is 32.2. The normalized spacial score (nSPS) is 11.9. The summed E-state index contributed by atoms with van der Waals surface area (Å²) >= 11 is 1.51. The predicted molar refractivity (Wildman–Crippen MR) is 74.3 cm³/mol. The first-order valence-corrected chi connectivity index (χ1v) is 8.16. The van der Waals surface area contributed by atoms with Crippen LogP contribution in [0.25, 0.3) is 0 Å². The number of aliphatic carboxylic acids is 1. The number of rotatable bonds is 8. The first-order valence-electron chi connectivity index (χ1n) is 5.84. The Morgan fingerprint density at radius 1 is 1.53 bits per heavy atom. The van der Waals surface area contributed by atoms with E-state index in [0.717, 1.165) is 21.2 Å². The molecule has 0 amide bonds. The van der Waals surface area contributed by atoms with Crippen molar-refractivity contribution >= 4 is 27.5 Å². The zero-order valence-corrected chi connectivity index (χ0v) is 12.6. The van der Waals surface area contributed by atoms with Crippen LogP contribution in [-0.2, 0) is 28.0 Å². The Labute approximate surface area is 117 Å². The Bertz CT molecular complexity index is 525. The lowest BCUT2D eigenvalue weighted by atomic mass is 10.2. The Morgan fingerprint density at radius 2 is 2.21 bits per heavy atom. The van der Waals surface area contributed by atoms with Crippen molar-refractivity contribution in [3.63, 3.8) is 0 Å².